The van der Waals surface area contributed by atoms with Crippen molar-refractivity contribution < 1.29 is 9.23 Å². The van der Waals surface area contributed by atoms with E-state index in [1.807, 2.05) is 0 Å². The van der Waals surface area contributed by atoms with E-state index in [1.165, 1.54) is 7.11 Å². The lowest BCUT2D eigenvalue weighted by atomic mass is 10.1. The Morgan fingerprint density at radius 1 is 1.31 bits per heavy atom. The van der Waals surface area contributed by atoms with Gasteiger partial charge in [0.25, 0.3) is 0 Å². The molecule has 0 fully saturated rings. The zero-order chi connectivity index (χ0) is 12.1. The van der Waals surface area contributed by atoms with Gasteiger partial charge in [0.1, 0.15) is 13.8 Å². The van der Waals surface area contributed by atoms with Crippen molar-refractivity contribution in [2.24, 2.45) is 5.16 Å². The first kappa shape index (κ1) is 13.6. The smallest absolute Gasteiger partial charge is 0.131 e. The van der Waals surface area contributed by atoms with Crippen molar-refractivity contribution in [2.75, 3.05) is 13.8 Å². The van der Waals surface area contributed by atoms with Crippen LogP contribution in [0.1, 0.15) is 5.56 Å². The summed E-state index contributed by atoms with van der Waals surface area (Å²) >= 11 is 17.7. The third kappa shape index (κ3) is 3.51. The molecular formula is C10H9Cl3FNO. The first-order chi connectivity index (χ1) is 7.58. The molecule has 0 aliphatic rings. The summed E-state index contributed by atoms with van der Waals surface area (Å²) in [6, 6.07) is 3.10. The molecule has 0 N–H and O–H groups in total. The first-order valence-corrected chi connectivity index (χ1v) is 5.50. The van der Waals surface area contributed by atoms with Gasteiger partial charge in [0, 0.05) is 21.5 Å². The molecular weight excluding hydrogens is 275 g/mol. The Morgan fingerprint density at radius 2 is 1.88 bits per heavy atom. The van der Waals surface area contributed by atoms with Gasteiger partial charge in [-0.2, -0.15) is 0 Å². The molecule has 0 radical (unpaired) electrons. The molecule has 0 spiro atoms. The normalized spacial score (nSPS) is 11.7. The Labute approximate surface area is 108 Å². The summed E-state index contributed by atoms with van der Waals surface area (Å²) in [5.74, 6) is 0. The third-order valence-corrected chi connectivity index (χ3v) is 2.75. The topological polar surface area (TPSA) is 21.6 Å². The van der Waals surface area contributed by atoms with E-state index in [1.54, 1.807) is 12.1 Å². The predicted molar refractivity (Wildman–Crippen MR) is 65.6 cm³/mol. The van der Waals surface area contributed by atoms with Gasteiger partial charge >= 0.3 is 0 Å². The van der Waals surface area contributed by atoms with E-state index >= 15 is 0 Å². The Bertz CT molecular complexity index is 386. The Kier molecular flexibility index (Phi) is 5.32. The highest BCUT2D eigenvalue weighted by Crippen LogP contribution is 2.29. The lowest BCUT2D eigenvalue weighted by Crippen LogP contribution is -2.07. The van der Waals surface area contributed by atoms with Crippen molar-refractivity contribution in [1.82, 2.24) is 0 Å². The SMILES string of the molecule is CON=C(CF)Cc1c(Cl)cc(Cl)cc1Cl. The van der Waals surface area contributed by atoms with Gasteiger partial charge in [-0.25, -0.2) is 4.39 Å². The summed E-state index contributed by atoms with van der Waals surface area (Å²) in [4.78, 5) is 4.51. The minimum Gasteiger partial charge on any atom is -0.399 e. The third-order valence-electron chi connectivity index (χ3n) is 1.86. The molecule has 1 rings (SSSR count). The average molecular weight is 285 g/mol. The number of alkyl halides is 1. The Hall–Kier alpha value is -0.510. The second-order valence-corrected chi connectivity index (χ2v) is 4.25. The van der Waals surface area contributed by atoms with Crippen LogP contribution in [0.25, 0.3) is 0 Å². The molecule has 0 heterocycles. The van der Waals surface area contributed by atoms with E-state index in [9.17, 15) is 4.39 Å². The first-order valence-electron chi connectivity index (χ1n) is 4.36. The van der Waals surface area contributed by atoms with Gasteiger partial charge in [-0.1, -0.05) is 40.0 Å². The maximum atomic E-state index is 12.5. The second kappa shape index (κ2) is 6.28. The zero-order valence-corrected chi connectivity index (χ0v) is 10.7. The molecule has 0 saturated carbocycles. The molecule has 0 amide bonds. The molecule has 0 unspecified atom stereocenters. The van der Waals surface area contributed by atoms with Gasteiger partial charge < -0.3 is 4.84 Å². The summed E-state index contributed by atoms with van der Waals surface area (Å²) in [6.45, 7) is -0.719. The summed E-state index contributed by atoms with van der Waals surface area (Å²) in [5.41, 5.74) is 0.801. The molecule has 0 atom stereocenters. The van der Waals surface area contributed by atoms with E-state index in [4.69, 9.17) is 34.8 Å². The standard InChI is InChI=1S/C10H9Cl3FNO/c1-16-15-7(5-14)4-8-9(12)2-6(11)3-10(8)13/h2-3H,4-5H2,1H3. The van der Waals surface area contributed by atoms with Crippen molar-refractivity contribution in [3.8, 4) is 0 Å². The largest absolute Gasteiger partial charge is 0.399 e. The zero-order valence-electron chi connectivity index (χ0n) is 8.44. The number of hydrogen-bond acceptors (Lipinski definition) is 2. The van der Waals surface area contributed by atoms with Crippen LogP contribution < -0.4 is 0 Å². The molecule has 2 nitrogen and oxygen atoms in total. The second-order valence-electron chi connectivity index (χ2n) is 3.00. The van der Waals surface area contributed by atoms with Crippen molar-refractivity contribution in [3.05, 3.63) is 32.8 Å². The molecule has 1 aromatic carbocycles. The lowest BCUT2D eigenvalue weighted by molar-refractivity contribution is 0.211. The van der Waals surface area contributed by atoms with E-state index in [0.717, 1.165) is 0 Å². The summed E-state index contributed by atoms with van der Waals surface area (Å²) in [7, 11) is 1.35. The fourth-order valence-electron chi connectivity index (χ4n) is 1.18. The van der Waals surface area contributed by atoms with Crippen LogP contribution >= 0.6 is 34.8 Å². The highest BCUT2D eigenvalue weighted by atomic mass is 35.5. The summed E-state index contributed by atoms with van der Waals surface area (Å²) < 4.78 is 12.5. The number of rotatable bonds is 4. The van der Waals surface area contributed by atoms with Crippen LogP contribution in [0.5, 0.6) is 0 Å². The van der Waals surface area contributed by atoms with Gasteiger partial charge in [-0.05, 0) is 17.7 Å². The van der Waals surface area contributed by atoms with Crippen LogP contribution in [0.3, 0.4) is 0 Å². The van der Waals surface area contributed by atoms with E-state index < -0.39 is 6.67 Å². The van der Waals surface area contributed by atoms with Crippen molar-refractivity contribution in [1.29, 1.82) is 0 Å². The molecule has 88 valence electrons. The van der Waals surface area contributed by atoms with Crippen molar-refractivity contribution in [3.63, 3.8) is 0 Å². The van der Waals surface area contributed by atoms with Crippen molar-refractivity contribution in [2.45, 2.75) is 6.42 Å². The fourth-order valence-corrected chi connectivity index (χ4v) is 2.13. The maximum Gasteiger partial charge on any atom is 0.131 e. The molecule has 0 aromatic heterocycles. The molecule has 0 saturated heterocycles. The van der Waals surface area contributed by atoms with Crippen LogP contribution in [0.15, 0.2) is 17.3 Å². The van der Waals surface area contributed by atoms with Crippen LogP contribution in [0, 0.1) is 0 Å². The van der Waals surface area contributed by atoms with Gasteiger partial charge in [-0.3, -0.25) is 0 Å². The Balaban J connectivity index is 3.01. The highest BCUT2D eigenvalue weighted by molar-refractivity contribution is 6.39. The molecule has 0 aliphatic heterocycles. The average Bonchev–Trinajstić information content (AvgIpc) is 2.21. The lowest BCUT2D eigenvalue weighted by Gasteiger charge is -2.07. The Morgan fingerprint density at radius 3 is 2.31 bits per heavy atom. The van der Waals surface area contributed by atoms with Crippen LogP contribution in [-0.4, -0.2) is 19.5 Å². The fraction of sp³-hybridized carbons (Fsp3) is 0.300. The predicted octanol–water partition coefficient (Wildman–Crippen LogP) is 4.16. The van der Waals surface area contributed by atoms with E-state index in [0.29, 0.717) is 20.6 Å². The number of oxime groups is 1. The minimum atomic E-state index is -0.719. The van der Waals surface area contributed by atoms with E-state index in [-0.39, 0.29) is 12.1 Å². The minimum absolute atomic E-state index is 0.194. The quantitative estimate of drug-likeness (QED) is 0.601. The van der Waals surface area contributed by atoms with Crippen LogP contribution in [-0.2, 0) is 11.3 Å². The van der Waals surface area contributed by atoms with Crippen LogP contribution in [0.4, 0.5) is 4.39 Å². The number of hydrogen-bond donors (Lipinski definition) is 0. The number of benzene rings is 1. The summed E-state index contributed by atoms with van der Waals surface area (Å²) in [6.07, 6.45) is 0.194. The molecule has 16 heavy (non-hydrogen) atoms. The monoisotopic (exact) mass is 283 g/mol. The summed E-state index contributed by atoms with van der Waals surface area (Å²) in [5, 5.41) is 4.74. The maximum absolute atomic E-state index is 12.5. The van der Waals surface area contributed by atoms with Gasteiger partial charge in [0.2, 0.25) is 0 Å². The molecule has 1 aromatic rings. The van der Waals surface area contributed by atoms with Crippen LogP contribution in [0.2, 0.25) is 15.1 Å². The highest BCUT2D eigenvalue weighted by Gasteiger charge is 2.11. The van der Waals surface area contributed by atoms with Crippen molar-refractivity contribution >= 4 is 40.5 Å². The van der Waals surface area contributed by atoms with E-state index in [2.05, 4.69) is 9.99 Å². The molecule has 0 bridgehead atoms. The number of halogens is 4. The van der Waals surface area contributed by atoms with Gasteiger partial charge in [0.05, 0.1) is 5.71 Å². The number of nitrogens with zero attached hydrogens (tertiary/aromatic N) is 1. The molecule has 0 aliphatic carbocycles. The van der Waals surface area contributed by atoms with Gasteiger partial charge in [-0.15, -0.1) is 0 Å². The van der Waals surface area contributed by atoms with Gasteiger partial charge in [0.15, 0.2) is 0 Å². The molecule has 6 heteroatoms.